The number of nitro benzene ring substituents is 1. The van der Waals surface area contributed by atoms with Crippen LogP contribution in [0.4, 0.5) is 10.1 Å². The number of nitrogens with zero attached hydrogens (tertiary/aromatic N) is 3. The normalized spacial score (nSPS) is 10.6. The average molecular weight is 415 g/mol. The van der Waals surface area contributed by atoms with Gasteiger partial charge in [-0.05, 0) is 41.5 Å². The summed E-state index contributed by atoms with van der Waals surface area (Å²) in [5, 5.41) is 20.2. The second-order valence-corrected chi connectivity index (χ2v) is 6.77. The summed E-state index contributed by atoms with van der Waals surface area (Å²) in [7, 11) is 0. The number of nitro groups is 1. The number of carbonyl (C=O) groups excluding carboxylic acids is 1. The Morgan fingerprint density at radius 1 is 1.03 bits per heavy atom. The van der Waals surface area contributed by atoms with Gasteiger partial charge in [0.25, 0.3) is 5.69 Å². The third-order valence-electron chi connectivity index (χ3n) is 4.61. The van der Waals surface area contributed by atoms with Crippen LogP contribution in [0.15, 0.2) is 78.9 Å². The van der Waals surface area contributed by atoms with Gasteiger partial charge in [0.2, 0.25) is 5.91 Å². The number of rotatable bonds is 7. The van der Waals surface area contributed by atoms with Crippen LogP contribution in [0.1, 0.15) is 22.3 Å². The molecule has 0 aliphatic rings. The SMILES string of the molecule is N#Cc1ccc(/C=C/C(=O)N(Cc2ccc(F)cc2)Cc2ccccc2[N+](=O)[O-])cc1. The molecule has 6 nitrogen and oxygen atoms in total. The van der Waals surface area contributed by atoms with Crippen LogP contribution < -0.4 is 0 Å². The van der Waals surface area contributed by atoms with E-state index in [0.29, 0.717) is 16.7 Å². The van der Waals surface area contributed by atoms with Gasteiger partial charge in [-0.2, -0.15) is 5.26 Å². The van der Waals surface area contributed by atoms with Crippen molar-refractivity contribution in [3.63, 3.8) is 0 Å². The number of hydrogen-bond acceptors (Lipinski definition) is 4. The quantitative estimate of drug-likeness (QED) is 0.314. The summed E-state index contributed by atoms with van der Waals surface area (Å²) in [6.45, 7) is 0.175. The Hall–Kier alpha value is -4.31. The fourth-order valence-electron chi connectivity index (χ4n) is 2.99. The van der Waals surface area contributed by atoms with Crippen molar-refractivity contribution in [2.24, 2.45) is 0 Å². The Balaban J connectivity index is 1.86. The molecular weight excluding hydrogens is 397 g/mol. The van der Waals surface area contributed by atoms with Gasteiger partial charge in [-0.15, -0.1) is 0 Å². The van der Waals surface area contributed by atoms with Crippen LogP contribution in [0, 0.1) is 27.3 Å². The minimum Gasteiger partial charge on any atom is -0.330 e. The monoisotopic (exact) mass is 415 g/mol. The Labute approximate surface area is 178 Å². The summed E-state index contributed by atoms with van der Waals surface area (Å²) in [4.78, 5) is 25.3. The fourth-order valence-corrected chi connectivity index (χ4v) is 2.99. The van der Waals surface area contributed by atoms with Crippen LogP contribution in [0.5, 0.6) is 0 Å². The summed E-state index contributed by atoms with van der Waals surface area (Å²) < 4.78 is 13.2. The third kappa shape index (κ3) is 5.84. The molecule has 7 heteroatoms. The zero-order chi connectivity index (χ0) is 22.2. The van der Waals surface area contributed by atoms with Crippen molar-refractivity contribution in [1.29, 1.82) is 5.26 Å². The molecule has 0 saturated carbocycles. The summed E-state index contributed by atoms with van der Waals surface area (Å²) in [5.41, 5.74) is 2.27. The Morgan fingerprint density at radius 2 is 1.71 bits per heavy atom. The van der Waals surface area contributed by atoms with E-state index in [1.165, 1.54) is 29.2 Å². The molecule has 0 spiro atoms. The van der Waals surface area contributed by atoms with Gasteiger partial charge in [0, 0.05) is 24.3 Å². The van der Waals surface area contributed by atoms with Crippen LogP contribution in [0.25, 0.3) is 6.08 Å². The van der Waals surface area contributed by atoms with Crippen LogP contribution in [-0.4, -0.2) is 15.7 Å². The van der Waals surface area contributed by atoms with E-state index in [-0.39, 0.29) is 30.5 Å². The fraction of sp³-hybridized carbons (Fsp3) is 0.0833. The Bertz CT molecular complexity index is 1150. The van der Waals surface area contributed by atoms with Gasteiger partial charge in [-0.25, -0.2) is 4.39 Å². The minimum absolute atomic E-state index is 0.0189. The van der Waals surface area contributed by atoms with E-state index >= 15 is 0 Å². The maximum atomic E-state index is 13.2. The highest BCUT2D eigenvalue weighted by molar-refractivity contribution is 5.91. The van der Waals surface area contributed by atoms with E-state index in [9.17, 15) is 19.3 Å². The number of hydrogen-bond donors (Lipinski definition) is 0. The van der Waals surface area contributed by atoms with Gasteiger partial charge in [0.1, 0.15) is 5.82 Å². The van der Waals surface area contributed by atoms with Crippen molar-refractivity contribution in [1.82, 2.24) is 4.90 Å². The van der Waals surface area contributed by atoms with Crippen LogP contribution in [0.2, 0.25) is 0 Å². The molecule has 1 amide bonds. The molecule has 0 aliphatic carbocycles. The van der Waals surface area contributed by atoms with Gasteiger partial charge in [0.15, 0.2) is 0 Å². The van der Waals surface area contributed by atoms with Crippen molar-refractivity contribution in [2.45, 2.75) is 13.1 Å². The van der Waals surface area contributed by atoms with Gasteiger partial charge in [0.05, 0.1) is 23.1 Å². The molecule has 0 fully saturated rings. The summed E-state index contributed by atoms with van der Waals surface area (Å²) in [6, 6.07) is 20.7. The minimum atomic E-state index is -0.484. The molecule has 0 heterocycles. The van der Waals surface area contributed by atoms with Crippen LogP contribution in [-0.2, 0) is 17.9 Å². The standard InChI is InChI=1S/C24H18FN3O3/c25-22-12-9-20(10-13-22)16-27(17-21-3-1-2-4-23(21)28(30)31)24(29)14-11-18-5-7-19(15-26)8-6-18/h1-14H,16-17H2/b14-11+. The number of halogens is 1. The van der Waals surface area contributed by atoms with E-state index in [4.69, 9.17) is 5.26 Å². The zero-order valence-electron chi connectivity index (χ0n) is 16.4. The molecule has 3 rings (SSSR count). The number of benzene rings is 3. The Morgan fingerprint density at radius 3 is 2.35 bits per heavy atom. The van der Waals surface area contributed by atoms with Crippen molar-refractivity contribution in [3.05, 3.63) is 117 Å². The maximum absolute atomic E-state index is 13.2. The average Bonchev–Trinajstić information content (AvgIpc) is 2.79. The molecule has 0 bridgehead atoms. The molecule has 0 atom stereocenters. The molecule has 0 unspecified atom stereocenters. The van der Waals surface area contributed by atoms with Crippen LogP contribution in [0.3, 0.4) is 0 Å². The highest BCUT2D eigenvalue weighted by atomic mass is 19.1. The highest BCUT2D eigenvalue weighted by Crippen LogP contribution is 2.21. The molecular formula is C24H18FN3O3. The summed E-state index contributed by atoms with van der Waals surface area (Å²) >= 11 is 0. The summed E-state index contributed by atoms with van der Waals surface area (Å²) in [5.74, 6) is -0.743. The Kier molecular flexibility index (Phi) is 6.86. The molecule has 0 saturated heterocycles. The van der Waals surface area contributed by atoms with E-state index in [1.807, 2.05) is 6.07 Å². The van der Waals surface area contributed by atoms with Gasteiger partial charge < -0.3 is 4.90 Å². The number of amides is 1. The summed E-state index contributed by atoms with van der Waals surface area (Å²) in [6.07, 6.45) is 2.99. The largest absolute Gasteiger partial charge is 0.330 e. The van der Waals surface area contributed by atoms with Crippen molar-refractivity contribution in [3.8, 4) is 6.07 Å². The van der Waals surface area contributed by atoms with Crippen molar-refractivity contribution >= 4 is 17.7 Å². The van der Waals surface area contributed by atoms with Crippen LogP contribution >= 0.6 is 0 Å². The van der Waals surface area contributed by atoms with E-state index < -0.39 is 4.92 Å². The maximum Gasteiger partial charge on any atom is 0.274 e. The first-order chi connectivity index (χ1) is 15.0. The zero-order valence-corrected chi connectivity index (χ0v) is 16.4. The second kappa shape index (κ2) is 9.94. The first-order valence-electron chi connectivity index (χ1n) is 9.40. The first kappa shape index (κ1) is 21.4. The lowest BCUT2D eigenvalue weighted by Gasteiger charge is -2.21. The predicted octanol–water partition coefficient (Wildman–Crippen LogP) is 4.85. The third-order valence-corrected chi connectivity index (χ3v) is 4.61. The first-order valence-corrected chi connectivity index (χ1v) is 9.40. The lowest BCUT2D eigenvalue weighted by molar-refractivity contribution is -0.385. The van der Waals surface area contributed by atoms with E-state index in [2.05, 4.69) is 0 Å². The smallest absolute Gasteiger partial charge is 0.274 e. The molecule has 0 N–H and O–H groups in total. The molecule has 0 aliphatic heterocycles. The highest BCUT2D eigenvalue weighted by Gasteiger charge is 2.19. The second-order valence-electron chi connectivity index (χ2n) is 6.77. The van der Waals surface area contributed by atoms with Gasteiger partial charge in [-0.1, -0.05) is 42.5 Å². The molecule has 154 valence electrons. The van der Waals surface area contributed by atoms with Gasteiger partial charge >= 0.3 is 0 Å². The van der Waals surface area contributed by atoms with Gasteiger partial charge in [-0.3, -0.25) is 14.9 Å². The number of carbonyl (C=O) groups is 1. The number of nitriles is 1. The topological polar surface area (TPSA) is 87.2 Å². The molecule has 0 aromatic heterocycles. The lowest BCUT2D eigenvalue weighted by Crippen LogP contribution is -2.28. The number of para-hydroxylation sites is 1. The van der Waals surface area contributed by atoms with Crippen molar-refractivity contribution < 1.29 is 14.1 Å². The predicted molar refractivity (Wildman–Crippen MR) is 114 cm³/mol. The molecule has 3 aromatic rings. The lowest BCUT2D eigenvalue weighted by atomic mass is 10.1. The molecule has 0 radical (unpaired) electrons. The molecule has 31 heavy (non-hydrogen) atoms. The van der Waals surface area contributed by atoms with Crippen molar-refractivity contribution in [2.75, 3.05) is 0 Å². The molecule has 3 aromatic carbocycles. The van der Waals surface area contributed by atoms with E-state index in [0.717, 1.165) is 5.56 Å². The van der Waals surface area contributed by atoms with E-state index in [1.54, 1.807) is 60.7 Å².